The number of benzene rings is 3. The van der Waals surface area contributed by atoms with Crippen molar-refractivity contribution in [3.05, 3.63) is 89.0 Å². The summed E-state index contributed by atoms with van der Waals surface area (Å²) in [5.74, 6) is -0.840. The van der Waals surface area contributed by atoms with Crippen molar-refractivity contribution in [3.63, 3.8) is 0 Å². The molecule has 3 aromatic carbocycles. The zero-order valence-electron chi connectivity index (χ0n) is 18.1. The number of carbonyl (C=O) groups is 2. The second-order valence-corrected chi connectivity index (χ2v) is 9.19. The van der Waals surface area contributed by atoms with E-state index in [4.69, 9.17) is 0 Å². The van der Waals surface area contributed by atoms with Gasteiger partial charge in [0.2, 0.25) is 5.91 Å². The van der Waals surface area contributed by atoms with Crippen LogP contribution in [0.15, 0.2) is 71.6 Å². The van der Waals surface area contributed by atoms with Gasteiger partial charge in [-0.15, -0.1) is 0 Å². The van der Waals surface area contributed by atoms with Crippen molar-refractivity contribution in [3.8, 4) is 0 Å². The number of carbonyl (C=O) groups excluding carboxylic acids is 2. The minimum absolute atomic E-state index is 0.119. The minimum atomic E-state index is -3.77. The van der Waals surface area contributed by atoms with E-state index in [9.17, 15) is 18.0 Å². The van der Waals surface area contributed by atoms with E-state index >= 15 is 0 Å². The average molecular weight is 452 g/mol. The number of hydrogen-bond donors (Lipinski definition) is 3. The van der Waals surface area contributed by atoms with Gasteiger partial charge in [-0.3, -0.25) is 14.3 Å². The van der Waals surface area contributed by atoms with Crippen LogP contribution in [-0.2, 0) is 14.8 Å². The summed E-state index contributed by atoms with van der Waals surface area (Å²) >= 11 is 0. The molecule has 0 saturated heterocycles. The summed E-state index contributed by atoms with van der Waals surface area (Å²) in [7, 11) is -3.77. The summed E-state index contributed by atoms with van der Waals surface area (Å²) in [4.78, 5) is 24.9. The fourth-order valence-electron chi connectivity index (χ4n) is 3.36. The molecule has 2 amide bonds. The smallest absolute Gasteiger partial charge is 0.261 e. The topological polar surface area (TPSA) is 104 Å². The highest BCUT2D eigenvalue weighted by molar-refractivity contribution is 7.92. The Morgan fingerprint density at radius 1 is 0.844 bits per heavy atom. The standard InChI is InChI=1S/C24H25N3O4S/c1-16-12-17(2)23(18(3)13-16)26-22(28)15-25-24(29)19-8-7-9-20(14-19)27-32(30,31)21-10-5-4-6-11-21/h4-14,27H,15H2,1-3H3,(H,25,29)(H,26,28). The number of rotatable bonds is 7. The van der Waals surface area contributed by atoms with Crippen LogP contribution in [0.3, 0.4) is 0 Å². The van der Waals surface area contributed by atoms with Gasteiger partial charge in [-0.2, -0.15) is 0 Å². The van der Waals surface area contributed by atoms with Gasteiger partial charge in [-0.1, -0.05) is 42.0 Å². The third kappa shape index (κ3) is 5.73. The highest BCUT2D eigenvalue weighted by Gasteiger charge is 2.15. The van der Waals surface area contributed by atoms with E-state index in [1.165, 1.54) is 18.2 Å². The molecule has 166 valence electrons. The molecular weight excluding hydrogens is 426 g/mol. The van der Waals surface area contributed by atoms with Crippen LogP contribution < -0.4 is 15.4 Å². The van der Waals surface area contributed by atoms with Gasteiger partial charge in [-0.05, 0) is 62.2 Å². The molecule has 0 unspecified atom stereocenters. The lowest BCUT2D eigenvalue weighted by atomic mass is 10.1. The average Bonchev–Trinajstić information content (AvgIpc) is 2.75. The van der Waals surface area contributed by atoms with Gasteiger partial charge in [0.25, 0.3) is 15.9 Å². The Morgan fingerprint density at radius 2 is 1.50 bits per heavy atom. The maximum atomic E-state index is 12.5. The summed E-state index contributed by atoms with van der Waals surface area (Å²) in [5.41, 5.74) is 4.20. The first kappa shape index (κ1) is 23.0. The Hall–Kier alpha value is -3.65. The molecule has 0 saturated carbocycles. The van der Waals surface area contributed by atoms with Crippen molar-refractivity contribution in [2.24, 2.45) is 0 Å². The van der Waals surface area contributed by atoms with E-state index in [2.05, 4.69) is 15.4 Å². The molecular formula is C24H25N3O4S. The first-order valence-electron chi connectivity index (χ1n) is 9.99. The zero-order chi connectivity index (χ0) is 23.3. The number of nitrogens with one attached hydrogen (secondary N) is 3. The summed E-state index contributed by atoms with van der Waals surface area (Å²) < 4.78 is 27.4. The second kappa shape index (κ2) is 9.65. The minimum Gasteiger partial charge on any atom is -0.343 e. The van der Waals surface area contributed by atoms with E-state index in [0.717, 1.165) is 22.4 Å². The van der Waals surface area contributed by atoms with Gasteiger partial charge in [0.05, 0.1) is 11.4 Å². The maximum Gasteiger partial charge on any atom is 0.261 e. The van der Waals surface area contributed by atoms with Crippen molar-refractivity contribution >= 4 is 33.2 Å². The number of sulfonamides is 1. The number of amides is 2. The van der Waals surface area contributed by atoms with Crippen LogP contribution in [-0.4, -0.2) is 26.8 Å². The quantitative estimate of drug-likeness (QED) is 0.508. The molecule has 0 aliphatic carbocycles. The van der Waals surface area contributed by atoms with Gasteiger partial charge in [0, 0.05) is 16.9 Å². The molecule has 0 bridgehead atoms. The first-order chi connectivity index (χ1) is 15.2. The van der Waals surface area contributed by atoms with Crippen molar-refractivity contribution in [1.29, 1.82) is 0 Å². The van der Waals surface area contributed by atoms with Gasteiger partial charge in [-0.25, -0.2) is 8.42 Å². The van der Waals surface area contributed by atoms with Crippen LogP contribution in [0.5, 0.6) is 0 Å². The predicted molar refractivity (Wildman–Crippen MR) is 125 cm³/mol. The molecule has 0 atom stereocenters. The van der Waals surface area contributed by atoms with Gasteiger partial charge in [0.15, 0.2) is 0 Å². The van der Waals surface area contributed by atoms with Gasteiger partial charge in [0.1, 0.15) is 0 Å². The van der Waals surface area contributed by atoms with E-state index in [1.807, 2.05) is 32.9 Å². The highest BCUT2D eigenvalue weighted by atomic mass is 32.2. The molecule has 0 aliphatic heterocycles. The normalized spacial score (nSPS) is 11.0. The number of hydrogen-bond acceptors (Lipinski definition) is 4. The molecule has 0 heterocycles. The molecule has 3 aromatic rings. The largest absolute Gasteiger partial charge is 0.343 e. The van der Waals surface area contributed by atoms with Gasteiger partial charge >= 0.3 is 0 Å². The predicted octanol–water partition coefficient (Wildman–Crippen LogP) is 3.78. The lowest BCUT2D eigenvalue weighted by Crippen LogP contribution is -2.33. The summed E-state index contributed by atoms with van der Waals surface area (Å²) in [6, 6.07) is 18.0. The van der Waals surface area contributed by atoms with E-state index in [0.29, 0.717) is 0 Å². The van der Waals surface area contributed by atoms with Crippen LogP contribution in [0.4, 0.5) is 11.4 Å². The molecule has 0 spiro atoms. The molecule has 7 nitrogen and oxygen atoms in total. The highest BCUT2D eigenvalue weighted by Crippen LogP contribution is 2.22. The zero-order valence-corrected chi connectivity index (χ0v) is 18.9. The summed E-state index contributed by atoms with van der Waals surface area (Å²) in [6.07, 6.45) is 0. The number of aryl methyl sites for hydroxylation is 3. The number of anilines is 2. The van der Waals surface area contributed by atoms with Crippen LogP contribution in [0.2, 0.25) is 0 Å². The summed E-state index contributed by atoms with van der Waals surface area (Å²) in [5, 5.41) is 5.39. The molecule has 0 aromatic heterocycles. The SMILES string of the molecule is Cc1cc(C)c(NC(=O)CNC(=O)c2cccc(NS(=O)(=O)c3ccccc3)c2)c(C)c1. The Kier molecular flexibility index (Phi) is 6.95. The Bertz CT molecular complexity index is 1230. The molecule has 0 radical (unpaired) electrons. The van der Waals surface area contributed by atoms with Crippen molar-refractivity contribution in [2.75, 3.05) is 16.6 Å². The van der Waals surface area contributed by atoms with Crippen molar-refractivity contribution < 1.29 is 18.0 Å². The second-order valence-electron chi connectivity index (χ2n) is 7.50. The Balaban J connectivity index is 1.63. The third-order valence-corrected chi connectivity index (χ3v) is 6.18. The maximum absolute atomic E-state index is 12.5. The van der Waals surface area contributed by atoms with Crippen LogP contribution in [0.25, 0.3) is 0 Å². The monoisotopic (exact) mass is 451 g/mol. The first-order valence-corrected chi connectivity index (χ1v) is 11.5. The molecule has 3 rings (SSSR count). The van der Waals surface area contributed by atoms with Crippen molar-refractivity contribution in [2.45, 2.75) is 25.7 Å². The Morgan fingerprint density at radius 3 is 2.16 bits per heavy atom. The van der Waals surface area contributed by atoms with E-state index in [1.54, 1.807) is 36.4 Å². The lowest BCUT2D eigenvalue weighted by molar-refractivity contribution is -0.115. The van der Waals surface area contributed by atoms with Crippen LogP contribution in [0, 0.1) is 20.8 Å². The molecule has 32 heavy (non-hydrogen) atoms. The fraction of sp³-hybridized carbons (Fsp3) is 0.167. The van der Waals surface area contributed by atoms with Gasteiger partial charge < -0.3 is 10.6 Å². The van der Waals surface area contributed by atoms with Crippen LogP contribution in [0.1, 0.15) is 27.0 Å². The van der Waals surface area contributed by atoms with Crippen LogP contribution >= 0.6 is 0 Å². The Labute approximate surface area is 187 Å². The van der Waals surface area contributed by atoms with E-state index < -0.39 is 15.9 Å². The third-order valence-electron chi connectivity index (χ3n) is 4.78. The van der Waals surface area contributed by atoms with E-state index in [-0.39, 0.29) is 28.6 Å². The molecule has 3 N–H and O–H groups in total. The van der Waals surface area contributed by atoms with Crippen molar-refractivity contribution in [1.82, 2.24) is 5.32 Å². The lowest BCUT2D eigenvalue weighted by Gasteiger charge is -2.13. The molecule has 0 aliphatic rings. The molecule has 0 fully saturated rings. The summed E-state index contributed by atoms with van der Waals surface area (Å²) in [6.45, 7) is 5.60. The fourth-order valence-corrected chi connectivity index (χ4v) is 4.43. The molecule has 8 heteroatoms.